The second kappa shape index (κ2) is 7.87. The quantitative estimate of drug-likeness (QED) is 0.314. The molecule has 2 rings (SSSR count). The molecule has 2 aromatic rings. The van der Waals surface area contributed by atoms with E-state index in [1.807, 2.05) is 0 Å². The van der Waals surface area contributed by atoms with E-state index in [0.29, 0.717) is 6.07 Å². The molecule has 1 N–H and O–H groups in total. The minimum atomic E-state index is -4.94. The number of nitrogens with zero attached hydrogens (tertiary/aromatic N) is 1. The zero-order chi connectivity index (χ0) is 16.0. The molecule has 13 heteroatoms. The summed E-state index contributed by atoms with van der Waals surface area (Å²) in [6.45, 7) is 0. The minimum Gasteiger partial charge on any atom is -0.870 e. The standard InChI is InChI=1S/C10H7NO8S2.2Na/c12-10-8(21(17,18)19)4-5-3-6(20(14,15)16)1-2-7(5)9(10)11-13;;/h1-4,12H,(H,14,15,16)(H,17,18,19);;/q;2*+1/p-2. The Morgan fingerprint density at radius 1 is 1.04 bits per heavy atom. The molecule has 0 aromatic heterocycles. The van der Waals surface area contributed by atoms with Crippen LogP contribution in [0, 0.1) is 4.91 Å². The van der Waals surface area contributed by atoms with Crippen molar-refractivity contribution in [3.8, 4) is 5.75 Å². The average molecular weight is 377 g/mol. The molecule has 0 aliphatic heterocycles. The monoisotopic (exact) mass is 377 g/mol. The fourth-order valence-corrected chi connectivity index (χ4v) is 2.87. The fraction of sp³-hybridized carbons (Fsp3) is 0. The molecular weight excluding hydrogens is 372 g/mol. The van der Waals surface area contributed by atoms with Gasteiger partial charge in [0.2, 0.25) is 0 Å². The first-order chi connectivity index (χ1) is 9.55. The predicted octanol–water partition coefficient (Wildman–Crippen LogP) is -5.53. The van der Waals surface area contributed by atoms with E-state index in [2.05, 4.69) is 5.18 Å². The zero-order valence-electron chi connectivity index (χ0n) is 11.9. The first-order valence-electron chi connectivity index (χ1n) is 5.10. The van der Waals surface area contributed by atoms with Gasteiger partial charge in [0, 0.05) is 5.39 Å². The van der Waals surface area contributed by atoms with Crippen LogP contribution in [-0.2, 0) is 20.2 Å². The van der Waals surface area contributed by atoms with Crippen molar-refractivity contribution in [2.75, 3.05) is 0 Å². The summed E-state index contributed by atoms with van der Waals surface area (Å²) in [6, 6.07) is 3.27. The first-order valence-corrected chi connectivity index (χ1v) is 7.95. The number of benzene rings is 2. The van der Waals surface area contributed by atoms with E-state index in [0.717, 1.165) is 18.2 Å². The van der Waals surface area contributed by atoms with Crippen LogP contribution in [0.2, 0.25) is 0 Å². The van der Waals surface area contributed by atoms with Crippen molar-refractivity contribution in [1.82, 2.24) is 0 Å². The Morgan fingerprint density at radius 3 is 2.04 bits per heavy atom. The van der Waals surface area contributed by atoms with Gasteiger partial charge in [-0.2, -0.15) is 8.42 Å². The summed E-state index contributed by atoms with van der Waals surface area (Å²) in [4.78, 5) is 8.87. The van der Waals surface area contributed by atoms with Crippen molar-refractivity contribution in [3.05, 3.63) is 29.2 Å². The maximum atomic E-state index is 11.7. The van der Waals surface area contributed by atoms with Gasteiger partial charge in [-0.3, -0.25) is 4.55 Å². The molecule has 0 saturated heterocycles. The van der Waals surface area contributed by atoms with Crippen LogP contribution in [0.25, 0.3) is 10.8 Å². The predicted molar refractivity (Wildman–Crippen MR) is 66.6 cm³/mol. The summed E-state index contributed by atoms with van der Waals surface area (Å²) in [6.07, 6.45) is 0. The zero-order valence-corrected chi connectivity index (χ0v) is 17.5. The van der Waals surface area contributed by atoms with Crippen molar-refractivity contribution in [2.45, 2.75) is 9.79 Å². The van der Waals surface area contributed by atoms with Gasteiger partial charge in [-0.1, -0.05) is 11.8 Å². The third-order valence-corrected chi connectivity index (χ3v) is 4.35. The third kappa shape index (κ3) is 4.72. The van der Waals surface area contributed by atoms with Crippen LogP contribution >= 0.6 is 0 Å². The van der Waals surface area contributed by atoms with Crippen molar-refractivity contribution in [3.63, 3.8) is 0 Å². The van der Waals surface area contributed by atoms with E-state index in [1.165, 1.54) is 0 Å². The number of rotatable bonds is 3. The van der Waals surface area contributed by atoms with Gasteiger partial charge in [-0.05, 0) is 28.8 Å². The van der Waals surface area contributed by atoms with E-state index < -0.39 is 41.5 Å². The maximum absolute atomic E-state index is 11.7. The smallest absolute Gasteiger partial charge is 0.870 e. The van der Waals surface area contributed by atoms with Crippen LogP contribution < -0.4 is 64.2 Å². The molecule has 112 valence electrons. The first kappa shape index (κ1) is 22.9. The molecule has 9 nitrogen and oxygen atoms in total. The number of hydrogen-bond donors (Lipinski definition) is 1. The number of hydrogen-bond acceptors (Lipinski definition) is 8. The summed E-state index contributed by atoms with van der Waals surface area (Å²) in [5.41, 5.74) is -0.810. The largest absolute Gasteiger partial charge is 1.00 e. The second-order valence-corrected chi connectivity index (χ2v) is 6.73. The molecule has 0 bridgehead atoms. The van der Waals surface area contributed by atoms with Gasteiger partial charge in [0.15, 0.2) is 0 Å². The molecule has 0 atom stereocenters. The molecule has 0 amide bonds. The summed E-state index contributed by atoms with van der Waals surface area (Å²) < 4.78 is 63.8. The van der Waals surface area contributed by atoms with Crippen LogP contribution in [0.3, 0.4) is 0 Å². The Balaban J connectivity index is 0.00000242. The van der Waals surface area contributed by atoms with Crippen LogP contribution in [0.15, 0.2) is 39.2 Å². The average Bonchev–Trinajstić information content (AvgIpc) is 2.35. The molecule has 0 saturated carbocycles. The number of nitroso groups, excluding NO2 is 1. The summed E-state index contributed by atoms with van der Waals surface area (Å²) in [7, 11) is -9.77. The summed E-state index contributed by atoms with van der Waals surface area (Å²) in [5.74, 6) is -1.32. The molecule has 2 aromatic carbocycles. The fourth-order valence-electron chi connectivity index (χ4n) is 1.76. The van der Waals surface area contributed by atoms with E-state index in [9.17, 15) is 31.4 Å². The van der Waals surface area contributed by atoms with Gasteiger partial charge >= 0.3 is 59.1 Å². The van der Waals surface area contributed by atoms with Crippen molar-refractivity contribution >= 4 is 36.7 Å². The van der Waals surface area contributed by atoms with Gasteiger partial charge in [-0.25, -0.2) is 8.42 Å². The van der Waals surface area contributed by atoms with E-state index in [4.69, 9.17) is 4.55 Å². The molecule has 0 aliphatic rings. The SMILES string of the molecule is O=Nc1c([O-])c(S(=O)(=O)O)cc2cc(S(=O)(=O)[O-])ccc12.[Na+].[Na+]. The number of fused-ring (bicyclic) bond motifs is 1. The van der Waals surface area contributed by atoms with E-state index in [1.54, 1.807) is 0 Å². The minimum absolute atomic E-state index is 0. The Kier molecular flexibility index (Phi) is 7.84. The van der Waals surface area contributed by atoms with Crippen molar-refractivity contribution in [2.24, 2.45) is 5.18 Å². The topological polar surface area (TPSA) is 164 Å². The third-order valence-electron chi connectivity index (χ3n) is 2.66. The molecular formula is C10H5NNa2O8S2. The molecule has 0 radical (unpaired) electrons. The van der Waals surface area contributed by atoms with Gasteiger partial charge in [0.1, 0.15) is 15.8 Å². The van der Waals surface area contributed by atoms with Crippen molar-refractivity contribution < 1.29 is 90.2 Å². The van der Waals surface area contributed by atoms with Crippen LogP contribution in [0.4, 0.5) is 5.69 Å². The molecule has 0 fully saturated rings. The van der Waals surface area contributed by atoms with Crippen LogP contribution in [0.1, 0.15) is 0 Å². The molecule has 0 heterocycles. The van der Waals surface area contributed by atoms with Gasteiger partial charge < -0.3 is 9.66 Å². The van der Waals surface area contributed by atoms with Crippen LogP contribution in [0.5, 0.6) is 5.75 Å². The second-order valence-electron chi connectivity index (χ2n) is 3.96. The van der Waals surface area contributed by atoms with Crippen molar-refractivity contribution in [1.29, 1.82) is 0 Å². The molecule has 23 heavy (non-hydrogen) atoms. The Labute approximate surface area is 175 Å². The normalized spacial score (nSPS) is 11.4. The Bertz CT molecular complexity index is 972. The van der Waals surface area contributed by atoms with Gasteiger partial charge in [0.25, 0.3) is 10.1 Å². The van der Waals surface area contributed by atoms with Gasteiger partial charge in [-0.15, -0.1) is 4.91 Å². The summed E-state index contributed by atoms with van der Waals surface area (Å²) in [5, 5.41) is 13.8. The van der Waals surface area contributed by atoms with Crippen LogP contribution in [-0.4, -0.2) is 25.9 Å². The molecule has 0 spiro atoms. The Hall–Kier alpha value is -0.0800. The summed E-state index contributed by atoms with van der Waals surface area (Å²) >= 11 is 0. The van der Waals surface area contributed by atoms with E-state index in [-0.39, 0.29) is 69.9 Å². The molecule has 0 aliphatic carbocycles. The Morgan fingerprint density at radius 2 is 1.61 bits per heavy atom. The van der Waals surface area contributed by atoms with Gasteiger partial charge in [0.05, 0.1) is 9.79 Å². The van der Waals surface area contributed by atoms with E-state index >= 15 is 0 Å². The molecule has 0 unspecified atom stereocenters. The maximum Gasteiger partial charge on any atom is 1.00 e.